The summed E-state index contributed by atoms with van der Waals surface area (Å²) in [5.41, 5.74) is 0.822. The van der Waals surface area contributed by atoms with Crippen LogP contribution in [0.3, 0.4) is 0 Å². The second-order valence-electron chi connectivity index (χ2n) is 4.04. The first kappa shape index (κ1) is 14.8. The molecule has 1 rings (SSSR count). The lowest BCUT2D eigenvalue weighted by Crippen LogP contribution is -2.31. The number of carboxylic acids is 1. The smallest absolute Gasteiger partial charge is 0.407 e. The molecule has 1 atom stereocenters. The number of amides is 1. The van der Waals surface area contributed by atoms with Gasteiger partial charge in [0.05, 0.1) is 13.0 Å². The van der Waals surface area contributed by atoms with Crippen molar-refractivity contribution >= 4 is 12.1 Å². The van der Waals surface area contributed by atoms with Crippen molar-refractivity contribution in [2.24, 2.45) is 5.92 Å². The summed E-state index contributed by atoms with van der Waals surface area (Å²) in [7, 11) is 1.57. The van der Waals surface area contributed by atoms with Crippen LogP contribution < -0.4 is 10.1 Å². The van der Waals surface area contributed by atoms with E-state index in [4.69, 9.17) is 14.6 Å². The van der Waals surface area contributed by atoms with Crippen molar-refractivity contribution in [3.63, 3.8) is 0 Å². The van der Waals surface area contributed by atoms with Gasteiger partial charge in [-0.15, -0.1) is 0 Å². The number of nitrogens with one attached hydrogen (secondary N) is 1. The summed E-state index contributed by atoms with van der Waals surface area (Å²) in [6.07, 6.45) is -0.635. The average Bonchev–Trinajstić information content (AvgIpc) is 2.42. The molecule has 0 aliphatic rings. The van der Waals surface area contributed by atoms with Gasteiger partial charge in [-0.25, -0.2) is 4.79 Å². The van der Waals surface area contributed by atoms with E-state index in [1.54, 1.807) is 31.4 Å². The minimum atomic E-state index is -0.963. The van der Waals surface area contributed by atoms with Gasteiger partial charge >= 0.3 is 12.1 Å². The van der Waals surface area contributed by atoms with Crippen LogP contribution in [0.25, 0.3) is 0 Å². The quantitative estimate of drug-likeness (QED) is 0.818. The van der Waals surface area contributed by atoms with Crippen molar-refractivity contribution in [1.82, 2.24) is 5.32 Å². The summed E-state index contributed by atoms with van der Waals surface area (Å²) in [6, 6.07) is 7.10. The summed E-state index contributed by atoms with van der Waals surface area (Å²) in [5.74, 6) is -0.882. The highest BCUT2D eigenvalue weighted by molar-refractivity contribution is 5.72. The Labute approximate surface area is 111 Å². The third-order valence-electron chi connectivity index (χ3n) is 2.50. The highest BCUT2D eigenvalue weighted by Gasteiger charge is 2.12. The molecule has 6 nitrogen and oxygen atoms in total. The van der Waals surface area contributed by atoms with Crippen molar-refractivity contribution in [2.45, 2.75) is 13.5 Å². The van der Waals surface area contributed by atoms with E-state index in [-0.39, 0.29) is 13.2 Å². The summed E-state index contributed by atoms with van der Waals surface area (Å²) in [6.45, 7) is 1.67. The van der Waals surface area contributed by atoms with E-state index in [1.165, 1.54) is 6.92 Å². The van der Waals surface area contributed by atoms with Crippen LogP contribution in [0.2, 0.25) is 0 Å². The van der Waals surface area contributed by atoms with Gasteiger partial charge in [0.1, 0.15) is 12.4 Å². The van der Waals surface area contributed by atoms with Gasteiger partial charge in [-0.1, -0.05) is 19.1 Å². The lowest BCUT2D eigenvalue weighted by atomic mass is 10.2. The van der Waals surface area contributed by atoms with Crippen LogP contribution in [-0.2, 0) is 16.1 Å². The maximum Gasteiger partial charge on any atom is 0.407 e. The first-order valence-electron chi connectivity index (χ1n) is 5.79. The van der Waals surface area contributed by atoms with Crippen LogP contribution in [0.1, 0.15) is 12.5 Å². The van der Waals surface area contributed by atoms with Crippen molar-refractivity contribution < 1.29 is 24.2 Å². The number of rotatable bonds is 6. The molecule has 0 heterocycles. The molecule has 1 aromatic carbocycles. The zero-order valence-electron chi connectivity index (χ0n) is 10.9. The zero-order valence-corrected chi connectivity index (χ0v) is 10.9. The van der Waals surface area contributed by atoms with Gasteiger partial charge in [0.15, 0.2) is 0 Å². The number of carbonyl (C=O) groups excluding carboxylic acids is 1. The summed E-state index contributed by atoms with van der Waals surface area (Å²) >= 11 is 0. The van der Waals surface area contributed by atoms with Crippen molar-refractivity contribution in [3.05, 3.63) is 29.8 Å². The van der Waals surface area contributed by atoms with Gasteiger partial charge in [0, 0.05) is 6.54 Å². The average molecular weight is 267 g/mol. The number of methoxy groups -OCH3 is 1. The topological polar surface area (TPSA) is 84.9 Å². The maximum absolute atomic E-state index is 11.3. The number of carbonyl (C=O) groups is 2. The van der Waals surface area contributed by atoms with Gasteiger partial charge in [0.25, 0.3) is 0 Å². The Balaban J connectivity index is 2.31. The lowest BCUT2D eigenvalue weighted by molar-refractivity contribution is -0.140. The number of ether oxygens (including phenoxy) is 2. The predicted molar refractivity (Wildman–Crippen MR) is 68.0 cm³/mol. The van der Waals surface area contributed by atoms with E-state index in [0.717, 1.165) is 11.3 Å². The van der Waals surface area contributed by atoms with E-state index in [0.29, 0.717) is 0 Å². The Kier molecular flexibility index (Phi) is 5.66. The normalized spacial score (nSPS) is 11.5. The molecule has 0 aliphatic heterocycles. The number of alkyl carbamates (subject to hydrolysis) is 1. The van der Waals surface area contributed by atoms with Crippen LogP contribution in [0.4, 0.5) is 4.79 Å². The molecule has 1 amide bonds. The Bertz CT molecular complexity index is 429. The molecule has 0 spiro atoms. The van der Waals surface area contributed by atoms with Gasteiger partial charge in [-0.2, -0.15) is 0 Å². The minimum absolute atomic E-state index is 0.0385. The third kappa shape index (κ3) is 5.29. The van der Waals surface area contributed by atoms with Crippen LogP contribution >= 0.6 is 0 Å². The van der Waals surface area contributed by atoms with E-state index >= 15 is 0 Å². The van der Waals surface area contributed by atoms with Crippen molar-refractivity contribution in [2.75, 3.05) is 13.7 Å². The fourth-order valence-electron chi connectivity index (χ4n) is 1.25. The zero-order chi connectivity index (χ0) is 14.3. The molecule has 1 aromatic rings. The van der Waals surface area contributed by atoms with Crippen molar-refractivity contribution in [3.8, 4) is 5.75 Å². The first-order chi connectivity index (χ1) is 9.02. The molecule has 0 aliphatic carbocycles. The Morgan fingerprint density at radius 2 is 1.95 bits per heavy atom. The van der Waals surface area contributed by atoms with Gasteiger partial charge in [-0.05, 0) is 17.7 Å². The number of benzene rings is 1. The summed E-state index contributed by atoms with van der Waals surface area (Å²) in [5, 5.41) is 11.0. The highest BCUT2D eigenvalue weighted by atomic mass is 16.5. The largest absolute Gasteiger partial charge is 0.497 e. The second-order valence-corrected chi connectivity index (χ2v) is 4.04. The second kappa shape index (κ2) is 7.25. The van der Waals surface area contributed by atoms with Crippen LogP contribution in [0.5, 0.6) is 5.75 Å². The molecule has 19 heavy (non-hydrogen) atoms. The van der Waals surface area contributed by atoms with E-state index in [1.807, 2.05) is 0 Å². The number of carboxylic acid groups (broad SMARTS) is 1. The van der Waals surface area contributed by atoms with Crippen molar-refractivity contribution in [1.29, 1.82) is 0 Å². The molecular weight excluding hydrogens is 250 g/mol. The molecule has 0 fully saturated rings. The number of hydrogen-bond donors (Lipinski definition) is 2. The third-order valence-corrected chi connectivity index (χ3v) is 2.50. The summed E-state index contributed by atoms with van der Waals surface area (Å²) < 4.78 is 9.95. The number of hydrogen-bond acceptors (Lipinski definition) is 4. The highest BCUT2D eigenvalue weighted by Crippen LogP contribution is 2.11. The Hall–Kier alpha value is -2.24. The van der Waals surface area contributed by atoms with Crippen LogP contribution in [0, 0.1) is 5.92 Å². The molecule has 0 aromatic heterocycles. The minimum Gasteiger partial charge on any atom is -0.497 e. The maximum atomic E-state index is 11.3. The molecule has 0 radical (unpaired) electrons. The van der Waals surface area contributed by atoms with Crippen LogP contribution in [-0.4, -0.2) is 30.8 Å². The molecule has 104 valence electrons. The first-order valence-corrected chi connectivity index (χ1v) is 5.79. The fourth-order valence-corrected chi connectivity index (χ4v) is 1.25. The molecule has 6 heteroatoms. The molecule has 0 bridgehead atoms. The van der Waals surface area contributed by atoms with Crippen LogP contribution in [0.15, 0.2) is 24.3 Å². The Morgan fingerprint density at radius 3 is 2.47 bits per heavy atom. The number of aliphatic carboxylic acids is 1. The SMILES string of the molecule is COc1ccc(COC(=O)NCC(C)C(=O)O)cc1. The van der Waals surface area contributed by atoms with Gasteiger partial charge in [-0.3, -0.25) is 4.79 Å². The summed E-state index contributed by atoms with van der Waals surface area (Å²) in [4.78, 5) is 21.9. The predicted octanol–water partition coefficient (Wildman–Crippen LogP) is 1.64. The molecule has 0 saturated heterocycles. The van der Waals surface area contributed by atoms with Gasteiger partial charge < -0.3 is 19.9 Å². The molecular formula is C13H17NO5. The molecule has 1 unspecified atom stereocenters. The lowest BCUT2D eigenvalue weighted by Gasteiger charge is -2.09. The van der Waals surface area contributed by atoms with E-state index in [2.05, 4.69) is 5.32 Å². The van der Waals surface area contributed by atoms with E-state index in [9.17, 15) is 9.59 Å². The van der Waals surface area contributed by atoms with Gasteiger partial charge in [0.2, 0.25) is 0 Å². The molecule has 2 N–H and O–H groups in total. The fraction of sp³-hybridized carbons (Fsp3) is 0.385. The Morgan fingerprint density at radius 1 is 1.32 bits per heavy atom. The monoisotopic (exact) mass is 267 g/mol. The molecule has 0 saturated carbocycles. The van der Waals surface area contributed by atoms with E-state index < -0.39 is 18.0 Å². The standard InChI is InChI=1S/C13H17NO5/c1-9(12(15)16)7-14-13(17)19-8-10-3-5-11(18-2)6-4-10/h3-6,9H,7-8H2,1-2H3,(H,14,17)(H,15,16).